The molecule has 2 aromatic heterocycles. The van der Waals surface area contributed by atoms with Crippen LogP contribution in [0.1, 0.15) is 30.8 Å². The molecule has 0 aliphatic heterocycles. The summed E-state index contributed by atoms with van der Waals surface area (Å²) in [7, 11) is 1.64. The molecule has 104 valence electrons. The third kappa shape index (κ3) is 2.97. The smallest absolute Gasteiger partial charge is 0.161 e. The number of furan rings is 1. The topological polar surface area (TPSA) is 78.2 Å². The van der Waals surface area contributed by atoms with Gasteiger partial charge >= 0.3 is 0 Å². The van der Waals surface area contributed by atoms with Crippen molar-refractivity contribution in [3.63, 3.8) is 0 Å². The van der Waals surface area contributed by atoms with Gasteiger partial charge in [-0.15, -0.1) is 0 Å². The largest absolute Gasteiger partial charge is 0.493 e. The number of ether oxygens (including phenoxy) is 1. The van der Waals surface area contributed by atoms with Gasteiger partial charge in [0.2, 0.25) is 0 Å². The minimum atomic E-state index is -0.0255. The molecule has 6 nitrogen and oxygen atoms in total. The summed E-state index contributed by atoms with van der Waals surface area (Å²) in [5, 5.41) is 4.29. The molecule has 2 heterocycles. The molecular weight excluding hydrogens is 244 g/mol. The Kier molecular flexibility index (Phi) is 4.59. The molecule has 1 atom stereocenters. The molecule has 0 aliphatic carbocycles. The first-order chi connectivity index (χ1) is 9.30. The summed E-state index contributed by atoms with van der Waals surface area (Å²) in [6.45, 7) is 2.81. The number of aromatic nitrogens is 2. The molecule has 0 saturated carbocycles. The molecular formula is C13H20N4O2. The Morgan fingerprint density at radius 1 is 1.58 bits per heavy atom. The second kappa shape index (κ2) is 6.40. The van der Waals surface area contributed by atoms with Gasteiger partial charge in [0.15, 0.2) is 5.75 Å². The van der Waals surface area contributed by atoms with E-state index in [1.807, 2.05) is 23.7 Å². The van der Waals surface area contributed by atoms with Crippen molar-refractivity contribution in [3.05, 3.63) is 36.0 Å². The van der Waals surface area contributed by atoms with Gasteiger partial charge in [-0.25, -0.2) is 0 Å². The van der Waals surface area contributed by atoms with Crippen molar-refractivity contribution < 1.29 is 9.15 Å². The fraction of sp³-hybridized carbons (Fsp3) is 0.462. The van der Waals surface area contributed by atoms with E-state index in [1.165, 1.54) is 0 Å². The lowest BCUT2D eigenvalue weighted by atomic mass is 10.1. The molecule has 0 saturated heterocycles. The summed E-state index contributed by atoms with van der Waals surface area (Å²) in [6.07, 6.45) is 5.01. The molecule has 0 bridgehead atoms. The zero-order valence-electron chi connectivity index (χ0n) is 11.3. The van der Waals surface area contributed by atoms with Crippen LogP contribution >= 0.6 is 0 Å². The van der Waals surface area contributed by atoms with Crippen LogP contribution < -0.4 is 16.0 Å². The van der Waals surface area contributed by atoms with Gasteiger partial charge in [-0.2, -0.15) is 5.10 Å². The van der Waals surface area contributed by atoms with E-state index in [0.29, 0.717) is 0 Å². The lowest BCUT2D eigenvalue weighted by Gasteiger charge is -2.18. The standard InChI is InChI=1S/C13H20N4O2/c1-3-17-13(12(18-2)9-15-17)11(16-14)7-6-10-5-4-8-19-10/h4-5,8-9,11,16H,3,6-7,14H2,1-2H3. The van der Waals surface area contributed by atoms with Crippen LogP contribution in [0.15, 0.2) is 29.0 Å². The van der Waals surface area contributed by atoms with Gasteiger partial charge in [-0.05, 0) is 25.5 Å². The molecule has 1 unspecified atom stereocenters. The Morgan fingerprint density at radius 2 is 2.42 bits per heavy atom. The number of nitrogens with one attached hydrogen (secondary N) is 1. The summed E-state index contributed by atoms with van der Waals surface area (Å²) in [5.74, 6) is 7.37. The zero-order chi connectivity index (χ0) is 13.7. The molecule has 0 fully saturated rings. The maximum absolute atomic E-state index is 5.67. The number of nitrogens with zero attached hydrogens (tertiary/aromatic N) is 2. The lowest BCUT2D eigenvalue weighted by Crippen LogP contribution is -2.30. The van der Waals surface area contributed by atoms with Crippen molar-refractivity contribution in [3.8, 4) is 5.75 Å². The van der Waals surface area contributed by atoms with E-state index in [1.54, 1.807) is 19.6 Å². The summed E-state index contributed by atoms with van der Waals surface area (Å²) in [5.41, 5.74) is 3.81. The predicted molar refractivity (Wildman–Crippen MR) is 71.5 cm³/mol. The minimum Gasteiger partial charge on any atom is -0.493 e. The second-order valence-corrected chi connectivity index (χ2v) is 4.25. The molecule has 0 aliphatic rings. The van der Waals surface area contributed by atoms with Crippen LogP contribution in [0.3, 0.4) is 0 Å². The van der Waals surface area contributed by atoms with Crippen LogP contribution in [0.5, 0.6) is 5.75 Å². The van der Waals surface area contributed by atoms with Crippen molar-refractivity contribution in [1.29, 1.82) is 0 Å². The fourth-order valence-corrected chi connectivity index (χ4v) is 2.18. The molecule has 3 N–H and O–H groups in total. The highest BCUT2D eigenvalue weighted by atomic mass is 16.5. The summed E-state index contributed by atoms with van der Waals surface area (Å²) >= 11 is 0. The van der Waals surface area contributed by atoms with Crippen LogP contribution in [0.4, 0.5) is 0 Å². The maximum Gasteiger partial charge on any atom is 0.161 e. The van der Waals surface area contributed by atoms with Crippen molar-refractivity contribution in [2.75, 3.05) is 7.11 Å². The molecule has 0 aromatic carbocycles. The van der Waals surface area contributed by atoms with Crippen molar-refractivity contribution in [2.24, 2.45) is 5.84 Å². The fourth-order valence-electron chi connectivity index (χ4n) is 2.18. The van der Waals surface area contributed by atoms with Crippen LogP contribution in [0.25, 0.3) is 0 Å². The Balaban J connectivity index is 2.14. The highest BCUT2D eigenvalue weighted by molar-refractivity contribution is 5.28. The quantitative estimate of drug-likeness (QED) is 0.587. The summed E-state index contributed by atoms with van der Waals surface area (Å²) in [4.78, 5) is 0. The van der Waals surface area contributed by atoms with Crippen molar-refractivity contribution in [2.45, 2.75) is 32.4 Å². The van der Waals surface area contributed by atoms with E-state index in [2.05, 4.69) is 10.5 Å². The molecule has 0 radical (unpaired) electrons. The van der Waals surface area contributed by atoms with E-state index >= 15 is 0 Å². The number of hydrazine groups is 1. The van der Waals surface area contributed by atoms with Crippen LogP contribution in [-0.4, -0.2) is 16.9 Å². The van der Waals surface area contributed by atoms with E-state index in [-0.39, 0.29) is 6.04 Å². The summed E-state index contributed by atoms with van der Waals surface area (Å²) < 4.78 is 12.6. The Labute approximate surface area is 112 Å². The van der Waals surface area contributed by atoms with Gasteiger partial charge in [0.25, 0.3) is 0 Å². The number of hydrogen-bond donors (Lipinski definition) is 2. The van der Waals surface area contributed by atoms with Crippen LogP contribution in [0, 0.1) is 0 Å². The molecule has 2 rings (SSSR count). The maximum atomic E-state index is 5.67. The zero-order valence-corrected chi connectivity index (χ0v) is 11.3. The average molecular weight is 264 g/mol. The molecule has 0 spiro atoms. The van der Waals surface area contributed by atoms with Gasteiger partial charge in [0, 0.05) is 13.0 Å². The van der Waals surface area contributed by atoms with E-state index in [0.717, 1.165) is 36.6 Å². The van der Waals surface area contributed by atoms with Crippen molar-refractivity contribution in [1.82, 2.24) is 15.2 Å². The normalized spacial score (nSPS) is 12.6. The van der Waals surface area contributed by atoms with E-state index < -0.39 is 0 Å². The first-order valence-corrected chi connectivity index (χ1v) is 6.38. The monoisotopic (exact) mass is 264 g/mol. The highest BCUT2D eigenvalue weighted by Crippen LogP contribution is 2.27. The van der Waals surface area contributed by atoms with Gasteiger partial charge in [-0.3, -0.25) is 16.0 Å². The van der Waals surface area contributed by atoms with Gasteiger partial charge < -0.3 is 9.15 Å². The van der Waals surface area contributed by atoms with Gasteiger partial charge in [0.05, 0.1) is 31.3 Å². The first kappa shape index (κ1) is 13.6. The van der Waals surface area contributed by atoms with Gasteiger partial charge in [-0.1, -0.05) is 0 Å². The van der Waals surface area contributed by atoms with Gasteiger partial charge in [0.1, 0.15) is 5.76 Å². The molecule has 2 aromatic rings. The highest BCUT2D eigenvalue weighted by Gasteiger charge is 2.20. The minimum absolute atomic E-state index is 0.0255. The van der Waals surface area contributed by atoms with E-state index in [9.17, 15) is 0 Å². The third-order valence-corrected chi connectivity index (χ3v) is 3.16. The SMILES string of the molecule is CCn1ncc(OC)c1C(CCc1ccco1)NN. The third-order valence-electron chi connectivity index (χ3n) is 3.16. The predicted octanol–water partition coefficient (Wildman–Crippen LogP) is 1.64. The summed E-state index contributed by atoms with van der Waals surface area (Å²) in [6, 6.07) is 3.82. The first-order valence-electron chi connectivity index (χ1n) is 6.38. The average Bonchev–Trinajstić information content (AvgIpc) is 3.08. The van der Waals surface area contributed by atoms with E-state index in [4.69, 9.17) is 15.0 Å². The molecule has 19 heavy (non-hydrogen) atoms. The number of aryl methyl sites for hydroxylation is 2. The number of rotatable bonds is 7. The van der Waals surface area contributed by atoms with Crippen molar-refractivity contribution >= 4 is 0 Å². The second-order valence-electron chi connectivity index (χ2n) is 4.25. The number of hydrogen-bond acceptors (Lipinski definition) is 5. The molecule has 0 amide bonds. The number of methoxy groups -OCH3 is 1. The van der Waals surface area contributed by atoms with Crippen LogP contribution in [-0.2, 0) is 13.0 Å². The number of nitrogens with two attached hydrogens (primary N) is 1. The Morgan fingerprint density at radius 3 is 3.00 bits per heavy atom. The molecule has 6 heteroatoms. The Bertz CT molecular complexity index is 471. The lowest BCUT2D eigenvalue weighted by molar-refractivity contribution is 0.382. The van der Waals surface area contributed by atoms with Crippen LogP contribution in [0.2, 0.25) is 0 Å². The Hall–Kier alpha value is -1.79.